The van der Waals surface area contributed by atoms with Gasteiger partial charge in [-0.25, -0.2) is 9.37 Å². The summed E-state index contributed by atoms with van der Waals surface area (Å²) in [6, 6.07) is 2.27. The Bertz CT molecular complexity index is 445. The maximum Gasteiger partial charge on any atom is 0.306 e. The van der Waals surface area contributed by atoms with Gasteiger partial charge in [-0.3, -0.25) is 9.59 Å². The molecule has 0 bridgehead atoms. The van der Waals surface area contributed by atoms with Gasteiger partial charge in [-0.1, -0.05) is 0 Å². The summed E-state index contributed by atoms with van der Waals surface area (Å²) >= 11 is 0. The summed E-state index contributed by atoms with van der Waals surface area (Å²) in [5.74, 6) is -2.35. The highest BCUT2D eigenvalue weighted by Gasteiger charge is 2.25. The Hall–Kier alpha value is -2.02. The first-order valence-corrected chi connectivity index (χ1v) is 5.14. The molecule has 1 unspecified atom stereocenters. The van der Waals surface area contributed by atoms with Crippen LogP contribution in [-0.4, -0.2) is 39.2 Å². The zero-order valence-electron chi connectivity index (χ0n) is 9.68. The molecule has 0 aliphatic heterocycles. The van der Waals surface area contributed by atoms with Crippen LogP contribution in [0, 0.1) is 5.82 Å². The summed E-state index contributed by atoms with van der Waals surface area (Å²) in [6.45, 7) is 1.05. The number of nitrogens with one attached hydrogen (secondary N) is 1. The van der Waals surface area contributed by atoms with Crippen molar-refractivity contribution in [1.29, 1.82) is 0 Å². The van der Waals surface area contributed by atoms with E-state index in [4.69, 9.17) is 5.11 Å². The maximum absolute atomic E-state index is 12.6. The minimum atomic E-state index is -1.55. The third-order valence-electron chi connectivity index (χ3n) is 2.12. The lowest BCUT2D eigenvalue weighted by Gasteiger charge is -2.21. The molecular formula is C11H13FN2O4. The molecule has 1 aromatic rings. The van der Waals surface area contributed by atoms with Crippen molar-refractivity contribution in [2.45, 2.75) is 18.9 Å². The number of amides is 1. The second-order valence-corrected chi connectivity index (χ2v) is 4.11. The summed E-state index contributed by atoms with van der Waals surface area (Å²) in [7, 11) is 0. The van der Waals surface area contributed by atoms with Crippen LogP contribution in [0.15, 0.2) is 18.3 Å². The van der Waals surface area contributed by atoms with Crippen molar-refractivity contribution in [3.8, 4) is 0 Å². The van der Waals surface area contributed by atoms with Crippen molar-refractivity contribution in [3.63, 3.8) is 0 Å². The molecule has 0 saturated carbocycles. The molecule has 0 aliphatic rings. The molecule has 0 saturated heterocycles. The molecule has 7 heteroatoms. The molecule has 1 aromatic heterocycles. The van der Waals surface area contributed by atoms with Crippen molar-refractivity contribution >= 4 is 11.9 Å². The molecule has 0 spiro atoms. The van der Waals surface area contributed by atoms with Crippen LogP contribution in [0.4, 0.5) is 4.39 Å². The second kappa shape index (κ2) is 5.54. The number of nitrogens with zero attached hydrogens (tertiary/aromatic N) is 1. The predicted molar refractivity (Wildman–Crippen MR) is 59.4 cm³/mol. The lowest BCUT2D eigenvalue weighted by molar-refractivity contribution is -0.141. The molecule has 1 rings (SSSR count). The second-order valence-electron chi connectivity index (χ2n) is 4.11. The van der Waals surface area contributed by atoms with E-state index in [1.54, 1.807) is 0 Å². The van der Waals surface area contributed by atoms with Crippen LogP contribution >= 0.6 is 0 Å². The smallest absolute Gasteiger partial charge is 0.306 e. The van der Waals surface area contributed by atoms with E-state index in [9.17, 15) is 19.1 Å². The molecule has 6 nitrogen and oxygen atoms in total. The predicted octanol–water partition coefficient (Wildman–Crippen LogP) is 0.176. The van der Waals surface area contributed by atoms with Crippen LogP contribution in [0.5, 0.6) is 0 Å². The third kappa shape index (κ3) is 4.46. The maximum atomic E-state index is 12.6. The minimum absolute atomic E-state index is 0.0116. The molecule has 0 aromatic carbocycles. The Morgan fingerprint density at radius 1 is 1.50 bits per heavy atom. The van der Waals surface area contributed by atoms with Crippen LogP contribution in [0.25, 0.3) is 0 Å². The first-order chi connectivity index (χ1) is 8.30. The fourth-order valence-corrected chi connectivity index (χ4v) is 1.26. The van der Waals surface area contributed by atoms with Crippen LogP contribution in [0.2, 0.25) is 0 Å². The Morgan fingerprint density at radius 3 is 2.67 bits per heavy atom. The molecule has 0 aliphatic carbocycles. The number of aliphatic carboxylic acids is 1. The number of hydrogen-bond donors (Lipinski definition) is 3. The quantitative estimate of drug-likeness (QED) is 0.697. The average Bonchev–Trinajstić information content (AvgIpc) is 2.25. The van der Waals surface area contributed by atoms with Gasteiger partial charge in [-0.15, -0.1) is 0 Å². The molecule has 98 valence electrons. The van der Waals surface area contributed by atoms with Crippen LogP contribution in [0.1, 0.15) is 23.8 Å². The number of carbonyl (C=O) groups excluding carboxylic acids is 1. The van der Waals surface area contributed by atoms with Gasteiger partial charge in [-0.05, 0) is 19.1 Å². The van der Waals surface area contributed by atoms with E-state index in [0.717, 1.165) is 12.3 Å². The number of carbonyl (C=O) groups is 2. The third-order valence-corrected chi connectivity index (χ3v) is 2.12. The van der Waals surface area contributed by atoms with Crippen LogP contribution in [0.3, 0.4) is 0 Å². The van der Waals surface area contributed by atoms with Gasteiger partial charge in [0.25, 0.3) is 5.91 Å². The molecule has 18 heavy (non-hydrogen) atoms. The summed E-state index contributed by atoms with van der Waals surface area (Å²) in [6.07, 6.45) is 0.397. The van der Waals surface area contributed by atoms with Gasteiger partial charge in [-0.2, -0.15) is 0 Å². The molecule has 3 N–H and O–H groups in total. The van der Waals surface area contributed by atoms with Crippen LogP contribution < -0.4 is 5.32 Å². The van der Waals surface area contributed by atoms with Gasteiger partial charge in [0.05, 0.1) is 18.2 Å². The van der Waals surface area contributed by atoms with E-state index in [0.29, 0.717) is 0 Å². The number of hydrogen-bond acceptors (Lipinski definition) is 4. The Labute approximate surface area is 102 Å². The Morgan fingerprint density at radius 2 is 2.17 bits per heavy atom. The average molecular weight is 256 g/mol. The van der Waals surface area contributed by atoms with Gasteiger partial charge in [0.15, 0.2) is 0 Å². The highest BCUT2D eigenvalue weighted by Crippen LogP contribution is 2.08. The Balaban J connectivity index is 2.55. The number of rotatable bonds is 5. The topological polar surface area (TPSA) is 99.5 Å². The fourth-order valence-electron chi connectivity index (χ4n) is 1.26. The van der Waals surface area contributed by atoms with Crippen molar-refractivity contribution in [3.05, 3.63) is 29.8 Å². The van der Waals surface area contributed by atoms with Crippen molar-refractivity contribution < 1.29 is 24.2 Å². The van der Waals surface area contributed by atoms with Gasteiger partial charge < -0.3 is 15.5 Å². The molecule has 0 radical (unpaired) electrons. The van der Waals surface area contributed by atoms with Gasteiger partial charge in [0.1, 0.15) is 11.5 Å². The number of halogens is 1. The SMILES string of the molecule is CC(O)(CNC(=O)c1ccc(F)cn1)CC(=O)O. The summed E-state index contributed by atoms with van der Waals surface area (Å²) in [5, 5.41) is 20.5. The molecule has 0 fully saturated rings. The van der Waals surface area contributed by atoms with E-state index in [1.165, 1.54) is 13.0 Å². The van der Waals surface area contributed by atoms with Gasteiger partial charge in [0, 0.05) is 6.54 Å². The highest BCUT2D eigenvalue weighted by atomic mass is 19.1. The minimum Gasteiger partial charge on any atom is -0.481 e. The summed E-state index contributed by atoms with van der Waals surface area (Å²) in [4.78, 5) is 25.5. The first kappa shape index (κ1) is 14.0. The molecular weight excluding hydrogens is 243 g/mol. The molecule has 1 atom stereocenters. The summed E-state index contributed by atoms with van der Waals surface area (Å²) < 4.78 is 12.6. The normalized spacial score (nSPS) is 13.7. The Kier molecular flexibility index (Phi) is 4.33. The van der Waals surface area contributed by atoms with E-state index in [1.807, 2.05) is 0 Å². The van der Waals surface area contributed by atoms with Crippen molar-refractivity contribution in [1.82, 2.24) is 10.3 Å². The number of aliphatic hydroxyl groups is 1. The lowest BCUT2D eigenvalue weighted by atomic mass is 10.0. The first-order valence-electron chi connectivity index (χ1n) is 5.14. The molecule has 1 heterocycles. The zero-order chi connectivity index (χ0) is 13.8. The van der Waals surface area contributed by atoms with Crippen molar-refractivity contribution in [2.24, 2.45) is 0 Å². The largest absolute Gasteiger partial charge is 0.481 e. The highest BCUT2D eigenvalue weighted by molar-refractivity contribution is 5.92. The number of carboxylic acids is 1. The van der Waals surface area contributed by atoms with E-state index in [-0.39, 0.29) is 12.2 Å². The number of carboxylic acid groups (broad SMARTS) is 1. The monoisotopic (exact) mass is 256 g/mol. The van der Waals surface area contributed by atoms with E-state index < -0.39 is 29.7 Å². The number of aromatic nitrogens is 1. The van der Waals surface area contributed by atoms with Crippen LogP contribution in [-0.2, 0) is 4.79 Å². The lowest BCUT2D eigenvalue weighted by Crippen LogP contribution is -2.42. The molecule has 1 amide bonds. The van der Waals surface area contributed by atoms with Crippen molar-refractivity contribution in [2.75, 3.05) is 6.54 Å². The standard InChI is InChI=1S/C11H13FN2O4/c1-11(18,4-9(15)16)6-14-10(17)8-3-2-7(12)5-13-8/h2-3,5,18H,4,6H2,1H3,(H,14,17)(H,15,16). The van der Waals surface area contributed by atoms with Gasteiger partial charge in [0.2, 0.25) is 0 Å². The fraction of sp³-hybridized carbons (Fsp3) is 0.364. The van der Waals surface area contributed by atoms with E-state index in [2.05, 4.69) is 10.3 Å². The van der Waals surface area contributed by atoms with Gasteiger partial charge >= 0.3 is 5.97 Å². The number of pyridine rings is 1. The van der Waals surface area contributed by atoms with E-state index >= 15 is 0 Å². The summed E-state index contributed by atoms with van der Waals surface area (Å²) in [5.41, 5.74) is -1.57. The zero-order valence-corrected chi connectivity index (χ0v) is 9.68.